The summed E-state index contributed by atoms with van der Waals surface area (Å²) in [5, 5.41) is 4.50. The first-order valence-corrected chi connectivity index (χ1v) is 7.96. The minimum absolute atomic E-state index is 0.654. The molecule has 0 heterocycles. The number of nitrogens with one attached hydrogen (secondary N) is 1. The van der Waals surface area contributed by atoms with Gasteiger partial charge in [-0.15, -0.1) is 0 Å². The van der Waals surface area contributed by atoms with Gasteiger partial charge in [0, 0.05) is 22.1 Å². The lowest BCUT2D eigenvalue weighted by Gasteiger charge is -2.21. The van der Waals surface area contributed by atoms with E-state index in [1.165, 1.54) is 24.8 Å². The van der Waals surface area contributed by atoms with Crippen LogP contribution in [0.2, 0.25) is 5.02 Å². The predicted octanol–water partition coefficient (Wildman–Crippen LogP) is 5.02. The van der Waals surface area contributed by atoms with Gasteiger partial charge in [0.05, 0.1) is 0 Å². The van der Waals surface area contributed by atoms with Crippen LogP contribution in [0.15, 0.2) is 22.7 Å². The minimum Gasteiger partial charge on any atom is -0.310 e. The molecular weight excluding hydrogens is 310 g/mol. The molecule has 1 aliphatic carbocycles. The van der Waals surface area contributed by atoms with Crippen molar-refractivity contribution in [1.29, 1.82) is 0 Å². The molecule has 1 saturated carbocycles. The Hall–Kier alpha value is -0.0500. The topological polar surface area (TPSA) is 12.0 Å². The summed E-state index contributed by atoms with van der Waals surface area (Å²) in [6.45, 7) is 5.58. The second kappa shape index (κ2) is 6.40. The van der Waals surface area contributed by atoms with Crippen LogP contribution >= 0.6 is 27.5 Å². The average molecular weight is 331 g/mol. The Balaban J connectivity index is 1.94. The first-order valence-electron chi connectivity index (χ1n) is 6.79. The van der Waals surface area contributed by atoms with Crippen LogP contribution in [0.25, 0.3) is 0 Å². The molecule has 0 spiro atoms. The summed E-state index contributed by atoms with van der Waals surface area (Å²) in [7, 11) is 0. The Morgan fingerprint density at radius 3 is 2.83 bits per heavy atom. The zero-order chi connectivity index (χ0) is 13.1. The largest absolute Gasteiger partial charge is 0.310 e. The third kappa shape index (κ3) is 3.28. The normalized spacial score (nSPS) is 27.7. The molecule has 3 heteroatoms. The molecule has 0 aromatic heterocycles. The van der Waals surface area contributed by atoms with E-state index in [1.54, 1.807) is 0 Å². The van der Waals surface area contributed by atoms with Crippen LogP contribution in [-0.4, -0.2) is 6.04 Å². The van der Waals surface area contributed by atoms with Gasteiger partial charge in [-0.05, 0) is 48.4 Å². The number of halogens is 2. The van der Waals surface area contributed by atoms with Gasteiger partial charge in [-0.1, -0.05) is 47.8 Å². The van der Waals surface area contributed by atoms with Crippen molar-refractivity contribution < 1.29 is 0 Å². The Labute approximate surface area is 123 Å². The van der Waals surface area contributed by atoms with Crippen molar-refractivity contribution in [1.82, 2.24) is 5.32 Å². The van der Waals surface area contributed by atoms with E-state index < -0.39 is 0 Å². The number of hydrogen-bond acceptors (Lipinski definition) is 1. The molecule has 3 unspecified atom stereocenters. The molecule has 0 bridgehead atoms. The van der Waals surface area contributed by atoms with Crippen molar-refractivity contribution in [2.45, 2.75) is 45.7 Å². The van der Waals surface area contributed by atoms with Gasteiger partial charge < -0.3 is 5.32 Å². The molecule has 100 valence electrons. The van der Waals surface area contributed by atoms with E-state index in [1.807, 2.05) is 18.2 Å². The second-order valence-electron chi connectivity index (χ2n) is 5.33. The van der Waals surface area contributed by atoms with Gasteiger partial charge in [0.15, 0.2) is 0 Å². The zero-order valence-electron chi connectivity index (χ0n) is 11.0. The monoisotopic (exact) mass is 329 g/mol. The molecule has 1 aromatic rings. The van der Waals surface area contributed by atoms with Gasteiger partial charge in [0.1, 0.15) is 0 Å². The van der Waals surface area contributed by atoms with Crippen molar-refractivity contribution in [2.75, 3.05) is 0 Å². The Kier molecular flexibility index (Phi) is 5.11. The van der Waals surface area contributed by atoms with Crippen LogP contribution in [0.1, 0.15) is 38.7 Å². The van der Waals surface area contributed by atoms with Crippen LogP contribution in [0.5, 0.6) is 0 Å². The Bertz CT molecular complexity index is 407. The van der Waals surface area contributed by atoms with E-state index in [0.717, 1.165) is 27.9 Å². The van der Waals surface area contributed by atoms with Gasteiger partial charge in [0.25, 0.3) is 0 Å². The molecule has 1 N–H and O–H groups in total. The van der Waals surface area contributed by atoms with E-state index >= 15 is 0 Å². The van der Waals surface area contributed by atoms with Gasteiger partial charge in [-0.2, -0.15) is 0 Å². The molecule has 18 heavy (non-hydrogen) atoms. The lowest BCUT2D eigenvalue weighted by Crippen LogP contribution is -2.32. The van der Waals surface area contributed by atoms with E-state index in [2.05, 4.69) is 35.1 Å². The van der Waals surface area contributed by atoms with Crippen LogP contribution in [0.3, 0.4) is 0 Å². The first-order chi connectivity index (χ1) is 8.61. The number of rotatable bonds is 4. The third-order valence-electron chi connectivity index (χ3n) is 4.31. The van der Waals surface area contributed by atoms with E-state index in [9.17, 15) is 0 Å². The maximum Gasteiger partial charge on any atom is 0.0410 e. The Morgan fingerprint density at radius 1 is 1.39 bits per heavy atom. The summed E-state index contributed by atoms with van der Waals surface area (Å²) in [6.07, 6.45) is 3.98. The molecule has 1 fully saturated rings. The van der Waals surface area contributed by atoms with E-state index in [0.29, 0.717) is 6.04 Å². The van der Waals surface area contributed by atoms with Crippen molar-refractivity contribution in [2.24, 2.45) is 11.8 Å². The molecule has 2 rings (SSSR count). The zero-order valence-corrected chi connectivity index (χ0v) is 13.4. The van der Waals surface area contributed by atoms with Crippen LogP contribution < -0.4 is 5.32 Å². The van der Waals surface area contributed by atoms with Crippen molar-refractivity contribution in [3.05, 3.63) is 33.3 Å². The lowest BCUT2D eigenvalue weighted by molar-refractivity contribution is 0.344. The fourth-order valence-electron chi connectivity index (χ4n) is 3.03. The SMILES string of the molecule is CCC1CCC(NCc2cc(Cl)ccc2Br)C1C. The van der Waals surface area contributed by atoms with Crippen molar-refractivity contribution in [3.8, 4) is 0 Å². The minimum atomic E-state index is 0.654. The van der Waals surface area contributed by atoms with Gasteiger partial charge in [-0.25, -0.2) is 0 Å². The quantitative estimate of drug-likeness (QED) is 0.817. The van der Waals surface area contributed by atoms with Gasteiger partial charge >= 0.3 is 0 Å². The summed E-state index contributed by atoms with van der Waals surface area (Å²) in [4.78, 5) is 0. The molecular formula is C15H21BrClN. The smallest absolute Gasteiger partial charge is 0.0410 e. The molecule has 0 amide bonds. The fraction of sp³-hybridized carbons (Fsp3) is 0.600. The molecule has 1 nitrogen and oxygen atoms in total. The molecule has 3 atom stereocenters. The first kappa shape index (κ1) is 14.4. The lowest BCUT2D eigenvalue weighted by atomic mass is 9.93. The van der Waals surface area contributed by atoms with Crippen LogP contribution in [-0.2, 0) is 6.54 Å². The summed E-state index contributed by atoms with van der Waals surface area (Å²) in [6, 6.07) is 6.63. The Morgan fingerprint density at radius 2 is 2.17 bits per heavy atom. The highest BCUT2D eigenvalue weighted by Crippen LogP contribution is 2.34. The van der Waals surface area contributed by atoms with E-state index in [4.69, 9.17) is 11.6 Å². The average Bonchev–Trinajstić information content (AvgIpc) is 2.71. The summed E-state index contributed by atoms with van der Waals surface area (Å²) >= 11 is 9.62. The van der Waals surface area contributed by atoms with Gasteiger partial charge in [-0.3, -0.25) is 0 Å². The van der Waals surface area contributed by atoms with Crippen molar-refractivity contribution >= 4 is 27.5 Å². The molecule has 1 aliphatic rings. The highest BCUT2D eigenvalue weighted by Gasteiger charge is 2.30. The molecule has 0 radical (unpaired) electrons. The fourth-order valence-corrected chi connectivity index (χ4v) is 3.61. The number of benzene rings is 1. The summed E-state index contributed by atoms with van der Waals surface area (Å²) in [5.41, 5.74) is 1.25. The maximum absolute atomic E-state index is 6.04. The predicted molar refractivity (Wildman–Crippen MR) is 82.0 cm³/mol. The van der Waals surface area contributed by atoms with Crippen LogP contribution in [0.4, 0.5) is 0 Å². The summed E-state index contributed by atoms with van der Waals surface area (Å²) in [5.74, 6) is 1.68. The van der Waals surface area contributed by atoms with Crippen LogP contribution in [0, 0.1) is 11.8 Å². The molecule has 1 aromatic carbocycles. The molecule has 0 saturated heterocycles. The summed E-state index contributed by atoms with van der Waals surface area (Å²) < 4.78 is 1.14. The highest BCUT2D eigenvalue weighted by molar-refractivity contribution is 9.10. The molecule has 0 aliphatic heterocycles. The van der Waals surface area contributed by atoms with Gasteiger partial charge in [0.2, 0.25) is 0 Å². The second-order valence-corrected chi connectivity index (χ2v) is 6.62. The highest BCUT2D eigenvalue weighted by atomic mass is 79.9. The maximum atomic E-state index is 6.04. The standard InChI is InChI=1S/C15H21BrClN/c1-3-11-4-7-15(10(11)2)18-9-12-8-13(17)5-6-14(12)16/h5-6,8,10-11,15,18H,3-4,7,9H2,1-2H3. The third-order valence-corrected chi connectivity index (χ3v) is 5.32. The van der Waals surface area contributed by atoms with Crippen molar-refractivity contribution in [3.63, 3.8) is 0 Å². The number of hydrogen-bond donors (Lipinski definition) is 1. The van der Waals surface area contributed by atoms with E-state index in [-0.39, 0.29) is 0 Å².